The molecule has 0 aliphatic carbocycles. The molecule has 0 spiro atoms. The molecule has 1 atom stereocenters. The smallest absolute Gasteiger partial charge is 0.251 e. The van der Waals surface area contributed by atoms with E-state index in [1.807, 2.05) is 34.9 Å². The largest absolute Gasteiger partial charge is 0.412 e. The summed E-state index contributed by atoms with van der Waals surface area (Å²) in [5, 5.41) is 23.3. The number of hydrogen-bond acceptors (Lipinski definition) is 5. The molecule has 38 heavy (non-hydrogen) atoms. The highest BCUT2D eigenvalue weighted by Crippen LogP contribution is 2.41. The van der Waals surface area contributed by atoms with E-state index in [0.717, 1.165) is 40.4 Å². The van der Waals surface area contributed by atoms with E-state index in [1.54, 1.807) is 48.0 Å². The van der Waals surface area contributed by atoms with Gasteiger partial charge in [-0.15, -0.1) is 22.8 Å². The molecule has 194 valence electrons. The van der Waals surface area contributed by atoms with Gasteiger partial charge in [-0.1, -0.05) is 47.5 Å². The molecule has 7 nitrogen and oxygen atoms in total. The number of rotatable bonds is 4. The number of thiol groups is 1. The number of halogens is 2. The van der Waals surface area contributed by atoms with E-state index < -0.39 is 5.60 Å². The molecule has 3 N–H and O–H groups in total. The Balaban J connectivity index is 0.00000294. The normalized spacial score (nSPS) is 14.2. The summed E-state index contributed by atoms with van der Waals surface area (Å²) in [4.78, 5) is 13.2. The Kier molecular flexibility index (Phi) is 6.87. The van der Waals surface area contributed by atoms with Gasteiger partial charge in [0.2, 0.25) is 0 Å². The fourth-order valence-electron chi connectivity index (χ4n) is 5.30. The number of pyridine rings is 1. The van der Waals surface area contributed by atoms with Gasteiger partial charge >= 0.3 is 0 Å². The summed E-state index contributed by atoms with van der Waals surface area (Å²) in [5.74, 6) is 0.319. The third kappa shape index (κ3) is 4.13. The van der Waals surface area contributed by atoms with Gasteiger partial charge in [0.1, 0.15) is 0 Å². The summed E-state index contributed by atoms with van der Waals surface area (Å²) < 4.78 is 3.48. The Morgan fingerprint density at radius 2 is 1.74 bits per heavy atom. The molecular formula is C28H24Cl2N4O3S. The van der Waals surface area contributed by atoms with Crippen LogP contribution in [0.4, 0.5) is 0 Å². The Labute approximate surface area is 234 Å². The zero-order chi connectivity index (χ0) is 25.9. The zero-order valence-corrected chi connectivity index (χ0v) is 22.7. The van der Waals surface area contributed by atoms with Crippen LogP contribution in [0.15, 0.2) is 76.7 Å². The highest BCUT2D eigenvalue weighted by Gasteiger charge is 2.40. The second-order valence-corrected chi connectivity index (χ2v) is 10.6. The molecule has 0 fully saturated rings. The van der Waals surface area contributed by atoms with Gasteiger partial charge in [-0.05, 0) is 77.1 Å². The predicted octanol–water partition coefficient (Wildman–Crippen LogP) is 4.80. The molecule has 3 heterocycles. The second kappa shape index (κ2) is 9.87. The molecule has 0 radical (unpaired) electrons. The first-order valence-corrected chi connectivity index (χ1v) is 13.0. The van der Waals surface area contributed by atoms with Gasteiger partial charge in [0.15, 0.2) is 16.6 Å². The fraction of sp³-hybridized carbons (Fsp3) is 0.179. The quantitative estimate of drug-likeness (QED) is 0.305. The van der Waals surface area contributed by atoms with Crippen molar-refractivity contribution in [2.45, 2.75) is 30.1 Å². The molecule has 1 aliphatic heterocycles. The number of aryl methyl sites for hydroxylation is 2. The van der Waals surface area contributed by atoms with E-state index in [0.29, 0.717) is 38.7 Å². The summed E-state index contributed by atoms with van der Waals surface area (Å²) in [7, 11) is 1.76. The van der Waals surface area contributed by atoms with Crippen LogP contribution in [0.25, 0.3) is 22.0 Å². The van der Waals surface area contributed by atoms with Crippen LogP contribution in [0, 0.1) is 0 Å². The summed E-state index contributed by atoms with van der Waals surface area (Å²) in [6.45, 7) is 0.644. The van der Waals surface area contributed by atoms with Crippen LogP contribution < -0.4 is 5.56 Å². The molecule has 5 aromatic rings. The van der Waals surface area contributed by atoms with Crippen molar-refractivity contribution in [1.29, 1.82) is 0 Å². The highest BCUT2D eigenvalue weighted by atomic mass is 35.5. The molecule has 0 bridgehead atoms. The molecule has 1 unspecified atom stereocenters. The van der Waals surface area contributed by atoms with E-state index in [9.17, 15) is 9.90 Å². The monoisotopic (exact) mass is 566 g/mol. The summed E-state index contributed by atoms with van der Waals surface area (Å²) in [6.07, 6.45) is 1.60. The minimum atomic E-state index is -1.66. The van der Waals surface area contributed by atoms with Gasteiger partial charge in [0.05, 0.1) is 5.52 Å². The average Bonchev–Trinajstić information content (AvgIpc) is 3.24. The molecule has 10 heteroatoms. The number of nitrogens with zero attached hydrogens (tertiary/aromatic N) is 4. The van der Waals surface area contributed by atoms with Gasteiger partial charge in [0, 0.05) is 35.1 Å². The Hall–Kier alpha value is -3.14. The SMILES string of the molecule is Cn1c(S)nnc1C(O)(c1ccc(Cl)cc1)c1cc2c3c(c1)c(-c1cccc(Cl)c1)cc(=O)n3CCC2.O. The minimum Gasteiger partial charge on any atom is -0.412 e. The molecule has 0 saturated carbocycles. The van der Waals surface area contributed by atoms with Crippen molar-refractivity contribution in [3.63, 3.8) is 0 Å². The number of hydrogen-bond donors (Lipinski definition) is 2. The third-order valence-corrected chi connectivity index (χ3v) is 7.98. The van der Waals surface area contributed by atoms with Gasteiger partial charge < -0.3 is 19.7 Å². The van der Waals surface area contributed by atoms with E-state index >= 15 is 0 Å². The minimum absolute atomic E-state index is 0. The topological polar surface area (TPSA) is 104 Å². The van der Waals surface area contributed by atoms with Gasteiger partial charge in [-0.2, -0.15) is 0 Å². The first kappa shape index (κ1) is 26.5. The van der Waals surface area contributed by atoms with Crippen molar-refractivity contribution in [1.82, 2.24) is 19.3 Å². The predicted molar refractivity (Wildman–Crippen MR) is 152 cm³/mol. The first-order chi connectivity index (χ1) is 17.8. The van der Waals surface area contributed by atoms with Crippen molar-refractivity contribution >= 4 is 46.7 Å². The lowest BCUT2D eigenvalue weighted by Crippen LogP contribution is -2.33. The van der Waals surface area contributed by atoms with Gasteiger partial charge in [-0.25, -0.2) is 0 Å². The van der Waals surface area contributed by atoms with E-state index in [2.05, 4.69) is 22.8 Å². The highest BCUT2D eigenvalue weighted by molar-refractivity contribution is 7.80. The lowest BCUT2D eigenvalue weighted by atomic mass is 9.82. The van der Waals surface area contributed by atoms with Crippen molar-refractivity contribution in [2.24, 2.45) is 7.05 Å². The Morgan fingerprint density at radius 1 is 0.974 bits per heavy atom. The Bertz CT molecular complexity index is 1750. The molecule has 3 aromatic carbocycles. The number of aromatic nitrogens is 4. The van der Waals surface area contributed by atoms with Crippen LogP contribution >= 0.6 is 35.8 Å². The number of aliphatic hydroxyl groups is 1. The first-order valence-electron chi connectivity index (χ1n) is 11.8. The van der Waals surface area contributed by atoms with Crippen LogP contribution in [-0.2, 0) is 25.6 Å². The lowest BCUT2D eigenvalue weighted by Gasteiger charge is -2.31. The van der Waals surface area contributed by atoms with E-state index in [-0.39, 0.29) is 11.0 Å². The molecule has 0 amide bonds. The van der Waals surface area contributed by atoms with Crippen molar-refractivity contribution < 1.29 is 10.6 Å². The van der Waals surface area contributed by atoms with Crippen LogP contribution in [0.3, 0.4) is 0 Å². The van der Waals surface area contributed by atoms with Crippen molar-refractivity contribution in [3.8, 4) is 11.1 Å². The van der Waals surface area contributed by atoms with Crippen LogP contribution in [0.1, 0.15) is 28.9 Å². The Morgan fingerprint density at radius 3 is 2.42 bits per heavy atom. The standard InChI is InChI=1S/C28H22Cl2N4O2S.H2O/c1-33-26(31-32-27(33)37)28(36,18-7-9-20(29)10-8-18)19-12-17-5-3-11-34-24(35)15-22(23(14-19)25(17)34)16-4-2-6-21(30)13-16;/h2,4,6-10,12-15,36H,3,5,11H2,1H3,(H,32,37);1H2. The molecule has 2 aromatic heterocycles. The molecular weight excluding hydrogens is 543 g/mol. The maximum Gasteiger partial charge on any atom is 0.251 e. The molecule has 6 rings (SSSR count). The van der Waals surface area contributed by atoms with Crippen LogP contribution in [-0.4, -0.2) is 29.9 Å². The molecule has 0 saturated heterocycles. The van der Waals surface area contributed by atoms with E-state index in [4.69, 9.17) is 23.2 Å². The maximum absolute atomic E-state index is 13.2. The lowest BCUT2D eigenvalue weighted by molar-refractivity contribution is 0.111. The van der Waals surface area contributed by atoms with Crippen LogP contribution in [0.2, 0.25) is 10.0 Å². The summed E-state index contributed by atoms with van der Waals surface area (Å²) in [6, 6.07) is 20.1. The maximum atomic E-state index is 13.2. The van der Waals surface area contributed by atoms with E-state index in [1.165, 1.54) is 0 Å². The number of benzene rings is 3. The van der Waals surface area contributed by atoms with Crippen molar-refractivity contribution in [2.75, 3.05) is 0 Å². The summed E-state index contributed by atoms with van der Waals surface area (Å²) in [5.41, 5.74) is 2.92. The van der Waals surface area contributed by atoms with Crippen LogP contribution in [0.5, 0.6) is 0 Å². The van der Waals surface area contributed by atoms with Gasteiger partial charge in [0.25, 0.3) is 5.56 Å². The summed E-state index contributed by atoms with van der Waals surface area (Å²) >= 11 is 16.9. The van der Waals surface area contributed by atoms with Gasteiger partial charge in [-0.3, -0.25) is 4.79 Å². The second-order valence-electron chi connectivity index (χ2n) is 9.29. The average molecular weight is 567 g/mol. The third-order valence-electron chi connectivity index (χ3n) is 7.10. The zero-order valence-electron chi connectivity index (χ0n) is 20.3. The molecule has 1 aliphatic rings. The fourth-order valence-corrected chi connectivity index (χ4v) is 5.76. The van der Waals surface area contributed by atoms with Crippen molar-refractivity contribution in [3.05, 3.63) is 110 Å².